The van der Waals surface area contributed by atoms with E-state index >= 15 is 0 Å². The fourth-order valence-electron chi connectivity index (χ4n) is 1.35. The largest absolute Gasteiger partial charge is 0.492 e. The standard InChI is InChI=1S/C13H20N2O4/c1-10(16)13(2,3)14-8-9-19-12-6-4-11(5-7-12)15(17)18/h4-7,10,14,16H,8-9H2,1-3H3. The zero-order valence-electron chi connectivity index (χ0n) is 11.4. The number of aliphatic hydroxyl groups is 1. The van der Waals surface area contributed by atoms with E-state index in [-0.39, 0.29) is 11.2 Å². The zero-order chi connectivity index (χ0) is 14.5. The van der Waals surface area contributed by atoms with E-state index in [1.165, 1.54) is 12.1 Å². The Labute approximate surface area is 112 Å². The molecule has 1 aromatic rings. The maximum atomic E-state index is 10.5. The van der Waals surface area contributed by atoms with E-state index in [9.17, 15) is 15.2 Å². The highest BCUT2D eigenvalue weighted by Gasteiger charge is 2.22. The first-order valence-electron chi connectivity index (χ1n) is 6.13. The van der Waals surface area contributed by atoms with Crippen LogP contribution in [0.1, 0.15) is 20.8 Å². The highest BCUT2D eigenvalue weighted by atomic mass is 16.6. The summed E-state index contributed by atoms with van der Waals surface area (Å²) >= 11 is 0. The van der Waals surface area contributed by atoms with Crippen LogP contribution in [0.2, 0.25) is 0 Å². The predicted molar refractivity (Wildman–Crippen MR) is 72.4 cm³/mol. The maximum Gasteiger partial charge on any atom is 0.269 e. The van der Waals surface area contributed by atoms with Crippen molar-refractivity contribution in [2.45, 2.75) is 32.4 Å². The third-order valence-electron chi connectivity index (χ3n) is 3.04. The topological polar surface area (TPSA) is 84.6 Å². The van der Waals surface area contributed by atoms with Gasteiger partial charge < -0.3 is 15.2 Å². The summed E-state index contributed by atoms with van der Waals surface area (Å²) < 4.78 is 5.45. The lowest BCUT2D eigenvalue weighted by atomic mass is 9.99. The van der Waals surface area contributed by atoms with Crippen LogP contribution in [0.4, 0.5) is 5.69 Å². The quantitative estimate of drug-likeness (QED) is 0.447. The Hall–Kier alpha value is -1.66. The molecule has 1 unspecified atom stereocenters. The minimum absolute atomic E-state index is 0.0423. The van der Waals surface area contributed by atoms with Crippen molar-refractivity contribution >= 4 is 5.69 Å². The maximum absolute atomic E-state index is 10.5. The molecule has 6 heteroatoms. The summed E-state index contributed by atoms with van der Waals surface area (Å²) in [5.41, 5.74) is -0.334. The minimum Gasteiger partial charge on any atom is -0.492 e. The molecule has 0 aliphatic heterocycles. The summed E-state index contributed by atoms with van der Waals surface area (Å²) in [7, 11) is 0. The van der Waals surface area contributed by atoms with Gasteiger partial charge in [0.05, 0.1) is 11.0 Å². The molecule has 0 bridgehead atoms. The van der Waals surface area contributed by atoms with Crippen molar-refractivity contribution < 1.29 is 14.8 Å². The van der Waals surface area contributed by atoms with Crippen molar-refractivity contribution in [1.29, 1.82) is 0 Å². The molecule has 0 saturated carbocycles. The molecule has 2 N–H and O–H groups in total. The van der Waals surface area contributed by atoms with Gasteiger partial charge in [-0.3, -0.25) is 10.1 Å². The van der Waals surface area contributed by atoms with Crippen LogP contribution in [0.25, 0.3) is 0 Å². The predicted octanol–water partition coefficient (Wildman–Crippen LogP) is 1.72. The van der Waals surface area contributed by atoms with Crippen LogP contribution in [0.5, 0.6) is 5.75 Å². The van der Waals surface area contributed by atoms with Crippen LogP contribution in [0.3, 0.4) is 0 Å². The Kier molecular flexibility index (Phi) is 5.26. The van der Waals surface area contributed by atoms with Gasteiger partial charge in [0.25, 0.3) is 5.69 Å². The number of nitro benzene ring substituents is 1. The highest BCUT2D eigenvalue weighted by Crippen LogP contribution is 2.17. The van der Waals surface area contributed by atoms with Gasteiger partial charge in [0.15, 0.2) is 0 Å². The molecular formula is C13H20N2O4. The van der Waals surface area contributed by atoms with Gasteiger partial charge in [-0.15, -0.1) is 0 Å². The smallest absolute Gasteiger partial charge is 0.269 e. The molecule has 0 aliphatic rings. The highest BCUT2D eigenvalue weighted by molar-refractivity contribution is 5.35. The molecule has 1 aromatic carbocycles. The Morgan fingerprint density at radius 3 is 2.47 bits per heavy atom. The van der Waals surface area contributed by atoms with E-state index < -0.39 is 11.0 Å². The molecule has 1 rings (SSSR count). The molecule has 106 valence electrons. The van der Waals surface area contributed by atoms with Gasteiger partial charge in [-0.05, 0) is 32.9 Å². The molecule has 0 heterocycles. The van der Waals surface area contributed by atoms with E-state index in [0.717, 1.165) is 0 Å². The van der Waals surface area contributed by atoms with E-state index in [1.807, 2.05) is 13.8 Å². The molecule has 1 atom stereocenters. The Morgan fingerprint density at radius 1 is 1.42 bits per heavy atom. The summed E-state index contributed by atoms with van der Waals surface area (Å²) in [5.74, 6) is 0.585. The second-order valence-corrected chi connectivity index (χ2v) is 4.92. The normalized spacial score (nSPS) is 13.1. The van der Waals surface area contributed by atoms with Crippen LogP contribution >= 0.6 is 0 Å². The fraction of sp³-hybridized carbons (Fsp3) is 0.538. The van der Waals surface area contributed by atoms with E-state index in [4.69, 9.17) is 4.74 Å². The van der Waals surface area contributed by atoms with Crippen molar-refractivity contribution in [3.63, 3.8) is 0 Å². The number of benzene rings is 1. The van der Waals surface area contributed by atoms with E-state index in [1.54, 1.807) is 19.1 Å². The first-order chi connectivity index (χ1) is 8.83. The molecule has 0 aliphatic carbocycles. The lowest BCUT2D eigenvalue weighted by molar-refractivity contribution is -0.384. The van der Waals surface area contributed by atoms with Gasteiger partial charge in [-0.1, -0.05) is 0 Å². The Bertz CT molecular complexity index is 415. The molecule has 0 spiro atoms. The van der Waals surface area contributed by atoms with Crippen molar-refractivity contribution in [2.75, 3.05) is 13.2 Å². The number of hydrogen-bond acceptors (Lipinski definition) is 5. The van der Waals surface area contributed by atoms with E-state index in [0.29, 0.717) is 18.9 Å². The molecule has 19 heavy (non-hydrogen) atoms. The summed E-state index contributed by atoms with van der Waals surface area (Å²) in [4.78, 5) is 10.0. The molecular weight excluding hydrogens is 248 g/mol. The van der Waals surface area contributed by atoms with Crippen molar-refractivity contribution in [1.82, 2.24) is 5.32 Å². The number of nitro groups is 1. The second-order valence-electron chi connectivity index (χ2n) is 4.92. The average molecular weight is 268 g/mol. The average Bonchev–Trinajstić information content (AvgIpc) is 2.35. The lowest BCUT2D eigenvalue weighted by Crippen LogP contribution is -2.49. The molecule has 0 saturated heterocycles. The monoisotopic (exact) mass is 268 g/mol. The molecule has 6 nitrogen and oxygen atoms in total. The SMILES string of the molecule is CC(O)C(C)(C)NCCOc1ccc([N+](=O)[O-])cc1. The van der Waals surface area contributed by atoms with Crippen molar-refractivity contribution in [2.24, 2.45) is 0 Å². The zero-order valence-corrected chi connectivity index (χ0v) is 11.4. The summed E-state index contributed by atoms with van der Waals surface area (Å²) in [5, 5.41) is 23.2. The number of ether oxygens (including phenoxy) is 1. The number of nitrogens with one attached hydrogen (secondary N) is 1. The van der Waals surface area contributed by atoms with Crippen LogP contribution in [0.15, 0.2) is 24.3 Å². The first-order valence-corrected chi connectivity index (χ1v) is 6.13. The van der Waals surface area contributed by atoms with Crippen molar-refractivity contribution in [3.05, 3.63) is 34.4 Å². The van der Waals surface area contributed by atoms with Gasteiger partial charge in [0.2, 0.25) is 0 Å². The van der Waals surface area contributed by atoms with Crippen molar-refractivity contribution in [3.8, 4) is 5.75 Å². The van der Waals surface area contributed by atoms with Gasteiger partial charge >= 0.3 is 0 Å². The molecule has 0 aromatic heterocycles. The first kappa shape index (κ1) is 15.4. The Morgan fingerprint density at radius 2 is 2.00 bits per heavy atom. The van der Waals surface area contributed by atoms with Gasteiger partial charge in [0, 0.05) is 24.2 Å². The number of non-ortho nitro benzene ring substituents is 1. The summed E-state index contributed by atoms with van der Waals surface area (Å²) in [6, 6.07) is 5.95. The van der Waals surface area contributed by atoms with Crippen LogP contribution in [0, 0.1) is 10.1 Å². The van der Waals surface area contributed by atoms with Gasteiger partial charge in [-0.25, -0.2) is 0 Å². The number of aliphatic hydroxyl groups excluding tert-OH is 1. The number of nitrogens with zero attached hydrogens (tertiary/aromatic N) is 1. The molecule has 0 amide bonds. The molecule has 0 fully saturated rings. The lowest BCUT2D eigenvalue weighted by Gasteiger charge is -2.29. The fourth-order valence-corrected chi connectivity index (χ4v) is 1.35. The van der Waals surface area contributed by atoms with Crippen LogP contribution in [-0.4, -0.2) is 34.8 Å². The van der Waals surface area contributed by atoms with Gasteiger partial charge in [0.1, 0.15) is 12.4 Å². The summed E-state index contributed by atoms with van der Waals surface area (Å²) in [6.45, 7) is 6.54. The van der Waals surface area contributed by atoms with Gasteiger partial charge in [-0.2, -0.15) is 0 Å². The third kappa shape index (κ3) is 4.84. The number of hydrogen-bond donors (Lipinski definition) is 2. The second kappa shape index (κ2) is 6.49. The number of rotatable bonds is 7. The van der Waals surface area contributed by atoms with Crippen LogP contribution < -0.4 is 10.1 Å². The molecule has 0 radical (unpaired) electrons. The Balaban J connectivity index is 2.36. The third-order valence-corrected chi connectivity index (χ3v) is 3.04. The minimum atomic E-state index is -0.466. The summed E-state index contributed by atoms with van der Waals surface area (Å²) in [6.07, 6.45) is -0.466. The van der Waals surface area contributed by atoms with Crippen LogP contribution in [-0.2, 0) is 0 Å². The van der Waals surface area contributed by atoms with E-state index in [2.05, 4.69) is 5.32 Å².